The van der Waals surface area contributed by atoms with Crippen LogP contribution in [0.25, 0.3) is 0 Å². The Morgan fingerprint density at radius 2 is 2.07 bits per heavy atom. The summed E-state index contributed by atoms with van der Waals surface area (Å²) in [7, 11) is 0. The van der Waals surface area contributed by atoms with Crippen molar-refractivity contribution in [2.45, 2.75) is 8.68 Å². The van der Waals surface area contributed by atoms with Crippen LogP contribution in [0.2, 0.25) is 0 Å². The van der Waals surface area contributed by atoms with Gasteiger partial charge in [0.05, 0.1) is 5.75 Å². The van der Waals surface area contributed by atoms with Crippen LogP contribution in [0.4, 0.5) is 0 Å². The number of hydrogen-bond donors (Lipinski definition) is 1. The molecule has 8 heteroatoms. The summed E-state index contributed by atoms with van der Waals surface area (Å²) in [5.74, 6) is -0.0237. The molecule has 0 atom stereocenters. The van der Waals surface area contributed by atoms with Crippen molar-refractivity contribution in [3.63, 3.8) is 0 Å². The molecule has 0 aliphatic rings. The summed E-state index contributed by atoms with van der Waals surface area (Å²) in [6.45, 7) is 3.59. The fourth-order valence-corrected chi connectivity index (χ4v) is 3.07. The van der Waals surface area contributed by atoms with E-state index in [4.69, 9.17) is 5.11 Å². The minimum absolute atomic E-state index is 0. The Morgan fingerprint density at radius 1 is 1.47 bits per heavy atom. The molecule has 0 fully saturated rings. The average molecular weight is 356 g/mol. The third kappa shape index (κ3) is 6.39. The molecule has 1 aromatic rings. The third-order valence-electron chi connectivity index (χ3n) is 1.03. The first kappa shape index (κ1) is 15.2. The SMILES string of the molecule is C=CCSc1nnc(SCC(=O)O)s1.[Ag]. The molecule has 0 spiro atoms. The molecule has 0 bridgehead atoms. The summed E-state index contributed by atoms with van der Waals surface area (Å²) in [4.78, 5) is 10.3. The monoisotopic (exact) mass is 355 g/mol. The summed E-state index contributed by atoms with van der Waals surface area (Å²) in [6, 6.07) is 0. The zero-order valence-corrected chi connectivity index (χ0v) is 11.4. The van der Waals surface area contributed by atoms with E-state index in [0.29, 0.717) is 4.34 Å². The van der Waals surface area contributed by atoms with Crippen molar-refractivity contribution in [3.8, 4) is 0 Å². The molecule has 4 nitrogen and oxygen atoms in total. The van der Waals surface area contributed by atoms with Crippen LogP contribution in [0, 0.1) is 0 Å². The molecular formula is C7H8AgN2O2S3. The van der Waals surface area contributed by atoms with Crippen LogP contribution in [-0.4, -0.2) is 32.8 Å². The van der Waals surface area contributed by atoms with E-state index in [9.17, 15) is 4.79 Å². The molecule has 0 aromatic carbocycles. The number of thioether (sulfide) groups is 2. The summed E-state index contributed by atoms with van der Waals surface area (Å²) in [5, 5.41) is 16.2. The van der Waals surface area contributed by atoms with E-state index in [1.165, 1.54) is 23.1 Å². The van der Waals surface area contributed by atoms with Crippen LogP contribution in [0.5, 0.6) is 0 Å². The van der Waals surface area contributed by atoms with Gasteiger partial charge in [0.1, 0.15) is 0 Å². The van der Waals surface area contributed by atoms with Crippen molar-refractivity contribution in [1.82, 2.24) is 10.2 Å². The summed E-state index contributed by atoms with van der Waals surface area (Å²) < 4.78 is 1.54. The van der Waals surface area contributed by atoms with Crippen molar-refractivity contribution in [2.24, 2.45) is 0 Å². The normalized spacial score (nSPS) is 9.33. The maximum Gasteiger partial charge on any atom is 0.313 e. The van der Waals surface area contributed by atoms with E-state index in [0.717, 1.165) is 10.1 Å². The van der Waals surface area contributed by atoms with Gasteiger partial charge in [0.15, 0.2) is 8.68 Å². The van der Waals surface area contributed by atoms with Gasteiger partial charge in [0.25, 0.3) is 0 Å². The van der Waals surface area contributed by atoms with Crippen molar-refractivity contribution in [3.05, 3.63) is 12.7 Å². The van der Waals surface area contributed by atoms with Crippen molar-refractivity contribution in [1.29, 1.82) is 0 Å². The first-order chi connectivity index (χ1) is 6.72. The number of carboxylic acid groups (broad SMARTS) is 1. The van der Waals surface area contributed by atoms with Gasteiger partial charge in [-0.3, -0.25) is 4.79 Å². The maximum atomic E-state index is 10.3. The van der Waals surface area contributed by atoms with Crippen LogP contribution in [-0.2, 0) is 27.2 Å². The first-order valence-corrected chi connectivity index (χ1v) is 6.43. The molecule has 1 heterocycles. The number of aromatic nitrogens is 2. The van der Waals surface area contributed by atoms with Gasteiger partial charge >= 0.3 is 5.97 Å². The molecule has 0 saturated carbocycles. The van der Waals surface area contributed by atoms with E-state index in [2.05, 4.69) is 16.8 Å². The Balaban J connectivity index is 0.00000196. The van der Waals surface area contributed by atoms with Crippen molar-refractivity contribution >= 4 is 40.8 Å². The molecule has 0 aliphatic heterocycles. The van der Waals surface area contributed by atoms with Crippen LogP contribution in [0.15, 0.2) is 21.3 Å². The van der Waals surface area contributed by atoms with Gasteiger partial charge < -0.3 is 5.11 Å². The number of nitrogens with zero attached hydrogens (tertiary/aromatic N) is 2. The first-order valence-electron chi connectivity index (χ1n) is 3.64. The number of carbonyl (C=O) groups is 1. The number of rotatable bonds is 6. The van der Waals surface area contributed by atoms with Gasteiger partial charge in [-0.05, 0) is 0 Å². The standard InChI is InChI=1S/C7H8N2O2S3.Ag/c1-2-3-12-6-8-9-7(14-6)13-4-5(10)11;/h2H,1,3-4H2,(H,10,11);. The van der Waals surface area contributed by atoms with Crippen molar-refractivity contribution in [2.75, 3.05) is 11.5 Å². The molecule has 1 N–H and O–H groups in total. The van der Waals surface area contributed by atoms with Gasteiger partial charge in [-0.2, -0.15) is 0 Å². The second-order valence-corrected chi connectivity index (χ2v) is 5.58. The quantitative estimate of drug-likeness (QED) is 0.478. The van der Waals surface area contributed by atoms with Gasteiger partial charge in [-0.1, -0.05) is 40.9 Å². The zero-order valence-electron chi connectivity index (χ0n) is 7.47. The topological polar surface area (TPSA) is 63.1 Å². The molecule has 0 unspecified atom stereocenters. The van der Waals surface area contributed by atoms with Gasteiger partial charge in [-0.15, -0.1) is 16.8 Å². The van der Waals surface area contributed by atoms with Crippen LogP contribution in [0.3, 0.4) is 0 Å². The van der Waals surface area contributed by atoms with E-state index in [1.54, 1.807) is 17.8 Å². The van der Waals surface area contributed by atoms with Crippen LogP contribution in [0.1, 0.15) is 0 Å². The predicted octanol–water partition coefficient (Wildman–Crippen LogP) is 1.99. The fraction of sp³-hybridized carbons (Fsp3) is 0.286. The minimum atomic E-state index is -0.842. The zero-order chi connectivity index (χ0) is 10.4. The predicted molar refractivity (Wildman–Crippen MR) is 59.2 cm³/mol. The van der Waals surface area contributed by atoms with Gasteiger partial charge in [0.2, 0.25) is 0 Å². The Bertz CT molecular complexity index is 332. The Labute approximate surface area is 115 Å². The Hall–Kier alpha value is 0.210. The van der Waals surface area contributed by atoms with E-state index in [1.807, 2.05) is 0 Å². The van der Waals surface area contributed by atoms with E-state index >= 15 is 0 Å². The smallest absolute Gasteiger partial charge is 0.313 e. The Morgan fingerprint density at radius 3 is 2.60 bits per heavy atom. The number of carboxylic acids is 1. The van der Waals surface area contributed by atoms with Crippen molar-refractivity contribution < 1.29 is 32.3 Å². The minimum Gasteiger partial charge on any atom is -0.481 e. The maximum absolute atomic E-state index is 10.3. The van der Waals surface area contributed by atoms with Gasteiger partial charge in [-0.25, -0.2) is 0 Å². The average Bonchev–Trinajstić information content (AvgIpc) is 2.59. The number of hydrogen-bond acceptors (Lipinski definition) is 6. The molecule has 0 amide bonds. The van der Waals surface area contributed by atoms with E-state index in [-0.39, 0.29) is 28.1 Å². The van der Waals surface area contributed by atoms with Crippen LogP contribution < -0.4 is 0 Å². The summed E-state index contributed by atoms with van der Waals surface area (Å²) in [5.41, 5.74) is 0. The van der Waals surface area contributed by atoms with Gasteiger partial charge in [0, 0.05) is 28.1 Å². The fourth-order valence-electron chi connectivity index (χ4n) is 0.568. The third-order valence-corrected chi connectivity index (χ3v) is 4.20. The number of aliphatic carboxylic acids is 1. The molecule has 0 saturated heterocycles. The molecule has 1 radical (unpaired) electrons. The molecule has 1 aromatic heterocycles. The largest absolute Gasteiger partial charge is 0.481 e. The molecule has 0 aliphatic carbocycles. The molecule has 1 rings (SSSR count). The van der Waals surface area contributed by atoms with E-state index < -0.39 is 5.97 Å². The summed E-state index contributed by atoms with van der Waals surface area (Å²) in [6.07, 6.45) is 1.79. The van der Waals surface area contributed by atoms with Crippen LogP contribution >= 0.6 is 34.9 Å². The molecular weight excluding hydrogens is 348 g/mol. The Kier molecular flexibility index (Phi) is 8.49. The second kappa shape index (κ2) is 8.37. The summed E-state index contributed by atoms with van der Waals surface area (Å²) >= 11 is 4.14. The molecule has 87 valence electrons. The second-order valence-electron chi connectivity index (χ2n) is 2.12. The molecule has 15 heavy (non-hydrogen) atoms.